The number of hydrogen-bond acceptors (Lipinski definition) is 4. The van der Waals surface area contributed by atoms with E-state index in [0.717, 1.165) is 11.1 Å². The van der Waals surface area contributed by atoms with Crippen LogP contribution in [-0.2, 0) is 13.0 Å². The van der Waals surface area contributed by atoms with Crippen LogP contribution in [-0.4, -0.2) is 27.9 Å². The van der Waals surface area contributed by atoms with Crippen molar-refractivity contribution in [2.75, 3.05) is 7.11 Å². The first-order chi connectivity index (χ1) is 13.6. The highest BCUT2D eigenvalue weighted by atomic mass is 35.5. The van der Waals surface area contributed by atoms with Gasteiger partial charge in [-0.2, -0.15) is 0 Å². The summed E-state index contributed by atoms with van der Waals surface area (Å²) < 4.78 is 5.09. The number of nitrogens with one attached hydrogen (secondary N) is 1. The third-order valence-electron chi connectivity index (χ3n) is 4.95. The number of ether oxygens (including phenoxy) is 1. The number of methoxy groups -OCH3 is 1. The molecule has 4 rings (SSSR count). The fourth-order valence-corrected chi connectivity index (χ4v) is 3.77. The van der Waals surface area contributed by atoms with E-state index in [-0.39, 0.29) is 17.5 Å². The molecule has 3 heterocycles. The number of carbonyl (C=O) groups excluding carboxylic acids is 1. The maximum atomic E-state index is 13.1. The van der Waals surface area contributed by atoms with Crippen molar-refractivity contribution in [2.24, 2.45) is 0 Å². The molecule has 1 N–H and O–H groups in total. The number of fused-ring (bicyclic) bond motifs is 1. The highest BCUT2D eigenvalue weighted by molar-refractivity contribution is 6.31. The van der Waals surface area contributed by atoms with E-state index < -0.39 is 0 Å². The van der Waals surface area contributed by atoms with Gasteiger partial charge in [-0.15, -0.1) is 0 Å². The third-order valence-corrected chi connectivity index (χ3v) is 5.30. The van der Waals surface area contributed by atoms with E-state index in [1.807, 2.05) is 30.3 Å². The Morgan fingerprint density at radius 2 is 2.00 bits per heavy atom. The number of nitrogens with zero attached hydrogens (tertiary/aromatic N) is 2. The van der Waals surface area contributed by atoms with E-state index in [4.69, 9.17) is 16.3 Å². The van der Waals surface area contributed by atoms with Crippen LogP contribution in [0.2, 0.25) is 5.02 Å². The van der Waals surface area contributed by atoms with Gasteiger partial charge in [0.15, 0.2) is 0 Å². The SMILES string of the molecule is COc1ccc(CN2C(=O)c3ccccc3C2Cc2c(Cl)cc[nH]c2=O)cn1. The lowest BCUT2D eigenvalue weighted by atomic mass is 9.98. The average Bonchev–Trinajstić information content (AvgIpc) is 2.97. The van der Waals surface area contributed by atoms with Crippen LogP contribution in [0, 0.1) is 0 Å². The molecule has 0 spiro atoms. The number of aromatic nitrogens is 2. The Hall–Kier alpha value is -3.12. The van der Waals surface area contributed by atoms with Gasteiger partial charge in [0, 0.05) is 42.6 Å². The molecule has 1 aromatic carbocycles. The Balaban J connectivity index is 1.71. The van der Waals surface area contributed by atoms with Crippen LogP contribution in [0.25, 0.3) is 0 Å². The molecule has 1 aliphatic heterocycles. The Labute approximate surface area is 166 Å². The molecule has 1 aliphatic rings. The largest absolute Gasteiger partial charge is 0.481 e. The van der Waals surface area contributed by atoms with Crippen LogP contribution >= 0.6 is 11.6 Å². The first-order valence-electron chi connectivity index (χ1n) is 8.83. The first kappa shape index (κ1) is 18.3. The van der Waals surface area contributed by atoms with Gasteiger partial charge < -0.3 is 14.6 Å². The summed E-state index contributed by atoms with van der Waals surface area (Å²) in [4.78, 5) is 34.0. The number of rotatable bonds is 5. The Morgan fingerprint density at radius 1 is 1.18 bits per heavy atom. The summed E-state index contributed by atoms with van der Waals surface area (Å²) in [6.45, 7) is 0.373. The molecule has 6 nitrogen and oxygen atoms in total. The van der Waals surface area contributed by atoms with Gasteiger partial charge in [0.2, 0.25) is 5.88 Å². The normalized spacial score (nSPS) is 15.6. The summed E-state index contributed by atoms with van der Waals surface area (Å²) in [5, 5.41) is 0.395. The van der Waals surface area contributed by atoms with Crippen LogP contribution in [0.5, 0.6) is 5.88 Å². The molecule has 0 radical (unpaired) electrons. The van der Waals surface area contributed by atoms with Crippen molar-refractivity contribution in [3.05, 3.63) is 92.5 Å². The zero-order valence-corrected chi connectivity index (χ0v) is 15.9. The highest BCUT2D eigenvalue weighted by Gasteiger charge is 2.37. The zero-order chi connectivity index (χ0) is 19.7. The number of halogens is 1. The van der Waals surface area contributed by atoms with Gasteiger partial charge in [0.1, 0.15) is 0 Å². The second-order valence-electron chi connectivity index (χ2n) is 6.58. The number of pyridine rings is 2. The first-order valence-corrected chi connectivity index (χ1v) is 9.21. The minimum Gasteiger partial charge on any atom is -0.481 e. The molecule has 3 aromatic rings. The quantitative estimate of drug-likeness (QED) is 0.718. The van der Waals surface area contributed by atoms with Crippen molar-refractivity contribution >= 4 is 17.5 Å². The van der Waals surface area contributed by atoms with E-state index in [1.54, 1.807) is 30.3 Å². The average molecular weight is 396 g/mol. The van der Waals surface area contributed by atoms with E-state index >= 15 is 0 Å². The van der Waals surface area contributed by atoms with Gasteiger partial charge in [-0.25, -0.2) is 4.98 Å². The molecule has 0 bridgehead atoms. The zero-order valence-electron chi connectivity index (χ0n) is 15.2. The van der Waals surface area contributed by atoms with Crippen molar-refractivity contribution in [1.29, 1.82) is 0 Å². The monoisotopic (exact) mass is 395 g/mol. The van der Waals surface area contributed by atoms with Gasteiger partial charge in [-0.1, -0.05) is 35.9 Å². The molecule has 7 heteroatoms. The van der Waals surface area contributed by atoms with Crippen LogP contribution < -0.4 is 10.3 Å². The van der Waals surface area contributed by atoms with E-state index in [9.17, 15) is 9.59 Å². The van der Waals surface area contributed by atoms with Crippen LogP contribution in [0.3, 0.4) is 0 Å². The molecule has 0 aliphatic carbocycles. The molecule has 28 heavy (non-hydrogen) atoms. The lowest BCUT2D eigenvalue weighted by Gasteiger charge is -2.25. The molecule has 1 atom stereocenters. The van der Waals surface area contributed by atoms with Gasteiger partial charge in [0.05, 0.1) is 18.2 Å². The van der Waals surface area contributed by atoms with Crippen LogP contribution in [0.4, 0.5) is 0 Å². The maximum absolute atomic E-state index is 13.1. The Morgan fingerprint density at radius 3 is 2.71 bits per heavy atom. The lowest BCUT2D eigenvalue weighted by Crippen LogP contribution is -2.30. The summed E-state index contributed by atoms with van der Waals surface area (Å²) in [5.74, 6) is 0.443. The van der Waals surface area contributed by atoms with Gasteiger partial charge in [-0.3, -0.25) is 9.59 Å². The number of benzene rings is 1. The summed E-state index contributed by atoms with van der Waals surface area (Å²) in [7, 11) is 1.56. The summed E-state index contributed by atoms with van der Waals surface area (Å²) in [6.07, 6.45) is 3.54. The molecule has 2 aromatic heterocycles. The van der Waals surface area contributed by atoms with Gasteiger partial charge >= 0.3 is 0 Å². The number of H-pyrrole nitrogens is 1. The van der Waals surface area contributed by atoms with Crippen molar-refractivity contribution in [1.82, 2.24) is 14.9 Å². The number of hydrogen-bond donors (Lipinski definition) is 1. The molecule has 1 amide bonds. The molecule has 0 saturated carbocycles. The second-order valence-corrected chi connectivity index (χ2v) is 6.99. The predicted octanol–water partition coefficient (Wildman–Crippen LogP) is 3.37. The van der Waals surface area contributed by atoms with E-state index in [1.165, 1.54) is 6.20 Å². The minimum absolute atomic E-state index is 0.0695. The molecular weight excluding hydrogens is 378 g/mol. The molecule has 0 fully saturated rings. The van der Waals surface area contributed by atoms with E-state index in [2.05, 4.69) is 9.97 Å². The van der Waals surface area contributed by atoms with Crippen LogP contribution in [0.15, 0.2) is 59.7 Å². The number of amides is 1. The topological polar surface area (TPSA) is 75.3 Å². The van der Waals surface area contributed by atoms with E-state index in [0.29, 0.717) is 35.0 Å². The fraction of sp³-hybridized carbons (Fsp3) is 0.190. The predicted molar refractivity (Wildman–Crippen MR) is 106 cm³/mol. The maximum Gasteiger partial charge on any atom is 0.255 e. The lowest BCUT2D eigenvalue weighted by molar-refractivity contribution is 0.0709. The molecule has 1 unspecified atom stereocenters. The molecule has 0 saturated heterocycles. The smallest absolute Gasteiger partial charge is 0.255 e. The Bertz CT molecular complexity index is 1080. The molecular formula is C21H18ClN3O3. The fourth-order valence-electron chi connectivity index (χ4n) is 3.54. The minimum atomic E-state index is -0.285. The Kier molecular flexibility index (Phi) is 4.88. The summed E-state index contributed by atoms with van der Waals surface area (Å²) in [5.41, 5.74) is 2.65. The van der Waals surface area contributed by atoms with Gasteiger partial charge in [0.25, 0.3) is 11.5 Å². The van der Waals surface area contributed by atoms with Crippen molar-refractivity contribution in [3.63, 3.8) is 0 Å². The van der Waals surface area contributed by atoms with Crippen molar-refractivity contribution in [3.8, 4) is 5.88 Å². The number of aromatic amines is 1. The third kappa shape index (κ3) is 3.27. The number of carbonyl (C=O) groups is 1. The summed E-state index contributed by atoms with van der Waals surface area (Å²) >= 11 is 6.27. The molecule has 142 valence electrons. The van der Waals surface area contributed by atoms with Crippen molar-refractivity contribution in [2.45, 2.75) is 19.0 Å². The second kappa shape index (κ2) is 7.48. The highest BCUT2D eigenvalue weighted by Crippen LogP contribution is 2.37. The summed E-state index contributed by atoms with van der Waals surface area (Å²) in [6, 6.07) is 12.5. The van der Waals surface area contributed by atoms with Gasteiger partial charge in [-0.05, 0) is 23.3 Å². The standard InChI is InChI=1S/C21H18ClN3O3/c1-28-19-7-6-13(11-24-19)12-25-18(10-16-17(22)8-9-23-20(16)26)14-4-2-3-5-15(14)21(25)27/h2-9,11,18H,10,12H2,1H3,(H,23,26). The van der Waals surface area contributed by atoms with Crippen LogP contribution in [0.1, 0.15) is 33.1 Å². The van der Waals surface area contributed by atoms with Crippen molar-refractivity contribution < 1.29 is 9.53 Å².